The summed E-state index contributed by atoms with van der Waals surface area (Å²) < 4.78 is 17.5. The Balaban J connectivity index is 2.06. The number of hydrogen-bond donors (Lipinski definition) is 0. The first-order valence-electron chi connectivity index (χ1n) is 5.85. The third kappa shape index (κ3) is 2.10. The summed E-state index contributed by atoms with van der Waals surface area (Å²) in [6.45, 7) is 7.30. The highest BCUT2D eigenvalue weighted by Gasteiger charge is 2.48. The van der Waals surface area contributed by atoms with Crippen molar-refractivity contribution in [2.24, 2.45) is 0 Å². The summed E-state index contributed by atoms with van der Waals surface area (Å²) in [5.74, 6) is -0.472. The summed E-state index contributed by atoms with van der Waals surface area (Å²) in [4.78, 5) is 0. The highest BCUT2D eigenvalue weighted by Crippen LogP contribution is 2.38. The largest absolute Gasteiger partial charge is 0.369 e. The quantitative estimate of drug-likeness (QED) is 0.672. The summed E-state index contributed by atoms with van der Waals surface area (Å²) in [6, 6.07) is 0. The zero-order chi connectivity index (χ0) is 10.7. The van der Waals surface area contributed by atoms with Gasteiger partial charge in [-0.25, -0.2) is 0 Å². The fraction of sp³-hybridized carbons (Fsp3) is 0.833. The van der Waals surface area contributed by atoms with Gasteiger partial charge < -0.3 is 14.2 Å². The lowest BCUT2D eigenvalue weighted by molar-refractivity contribution is -0.273. The zero-order valence-corrected chi connectivity index (χ0v) is 9.41. The maximum atomic E-state index is 5.99. The van der Waals surface area contributed by atoms with E-state index in [0.717, 1.165) is 25.7 Å². The smallest absolute Gasteiger partial charge is 0.195 e. The van der Waals surface area contributed by atoms with Gasteiger partial charge in [0, 0.05) is 6.42 Å². The minimum absolute atomic E-state index is 0.0243. The fourth-order valence-electron chi connectivity index (χ4n) is 2.41. The third-order valence-corrected chi connectivity index (χ3v) is 3.27. The molecule has 15 heavy (non-hydrogen) atoms. The van der Waals surface area contributed by atoms with E-state index in [1.807, 2.05) is 6.08 Å². The molecule has 0 aromatic carbocycles. The monoisotopic (exact) mass is 212 g/mol. The summed E-state index contributed by atoms with van der Waals surface area (Å²) in [5, 5.41) is 0. The molecule has 2 fully saturated rings. The molecule has 2 unspecified atom stereocenters. The lowest BCUT2D eigenvalue weighted by Crippen LogP contribution is -2.50. The summed E-state index contributed by atoms with van der Waals surface area (Å²) in [6.07, 6.45) is 6.11. The molecular weight excluding hydrogens is 192 g/mol. The highest BCUT2D eigenvalue weighted by atomic mass is 16.8. The molecule has 0 aliphatic carbocycles. The lowest BCUT2D eigenvalue weighted by Gasteiger charge is -2.42. The van der Waals surface area contributed by atoms with E-state index in [1.54, 1.807) is 0 Å². The molecule has 0 aromatic heterocycles. The second-order valence-electron chi connectivity index (χ2n) is 4.23. The lowest BCUT2D eigenvalue weighted by atomic mass is 9.94. The molecule has 2 rings (SSSR count). The van der Waals surface area contributed by atoms with E-state index in [9.17, 15) is 0 Å². The van der Waals surface area contributed by atoms with Gasteiger partial charge in [-0.1, -0.05) is 13.0 Å². The first-order chi connectivity index (χ1) is 7.30. The molecule has 0 N–H and O–H groups in total. The van der Waals surface area contributed by atoms with Crippen molar-refractivity contribution >= 4 is 0 Å². The second-order valence-corrected chi connectivity index (χ2v) is 4.23. The Bertz CT molecular complexity index is 221. The van der Waals surface area contributed by atoms with Crippen LogP contribution in [-0.2, 0) is 14.2 Å². The molecule has 86 valence electrons. The van der Waals surface area contributed by atoms with Gasteiger partial charge in [0.05, 0.1) is 19.3 Å². The normalized spacial score (nSPS) is 34.5. The zero-order valence-electron chi connectivity index (χ0n) is 9.41. The van der Waals surface area contributed by atoms with Crippen LogP contribution in [0.1, 0.15) is 32.6 Å². The Labute approximate surface area is 91.4 Å². The van der Waals surface area contributed by atoms with Crippen molar-refractivity contribution in [1.82, 2.24) is 0 Å². The number of hydrogen-bond acceptors (Lipinski definition) is 3. The summed E-state index contributed by atoms with van der Waals surface area (Å²) in [7, 11) is 0. The van der Waals surface area contributed by atoms with E-state index in [1.165, 1.54) is 0 Å². The van der Waals surface area contributed by atoms with Crippen LogP contribution in [0.25, 0.3) is 0 Å². The highest BCUT2D eigenvalue weighted by molar-refractivity contribution is 4.92. The standard InChI is InChI=1S/C12H20O3/c1-3-5-11-12(13-8-9-14-12)7-6-10(4-2)15-11/h3,10-11H,1,4-9H2,2H3. The van der Waals surface area contributed by atoms with E-state index < -0.39 is 5.79 Å². The van der Waals surface area contributed by atoms with Gasteiger partial charge in [0.1, 0.15) is 6.10 Å². The molecule has 0 radical (unpaired) electrons. The third-order valence-electron chi connectivity index (χ3n) is 3.27. The molecule has 2 saturated heterocycles. The Morgan fingerprint density at radius 3 is 2.73 bits per heavy atom. The molecule has 0 aromatic rings. The molecule has 3 nitrogen and oxygen atoms in total. The molecule has 2 atom stereocenters. The molecule has 3 heteroatoms. The van der Waals surface area contributed by atoms with E-state index in [2.05, 4.69) is 13.5 Å². The van der Waals surface area contributed by atoms with Gasteiger partial charge in [-0.3, -0.25) is 0 Å². The average Bonchev–Trinajstić information content (AvgIpc) is 2.72. The molecule has 0 bridgehead atoms. The van der Waals surface area contributed by atoms with Crippen LogP contribution >= 0.6 is 0 Å². The first kappa shape index (κ1) is 11.1. The summed E-state index contributed by atoms with van der Waals surface area (Å²) in [5.41, 5.74) is 0. The Kier molecular flexibility index (Phi) is 3.44. The fourth-order valence-corrected chi connectivity index (χ4v) is 2.41. The average molecular weight is 212 g/mol. The molecule has 2 aliphatic rings. The van der Waals surface area contributed by atoms with Crippen molar-refractivity contribution in [2.75, 3.05) is 13.2 Å². The van der Waals surface area contributed by atoms with Crippen LogP contribution in [0.5, 0.6) is 0 Å². The van der Waals surface area contributed by atoms with E-state index in [0.29, 0.717) is 19.3 Å². The predicted molar refractivity (Wildman–Crippen MR) is 57.6 cm³/mol. The van der Waals surface area contributed by atoms with Crippen molar-refractivity contribution in [3.05, 3.63) is 12.7 Å². The van der Waals surface area contributed by atoms with Crippen LogP contribution in [0.4, 0.5) is 0 Å². The van der Waals surface area contributed by atoms with E-state index >= 15 is 0 Å². The van der Waals surface area contributed by atoms with E-state index in [4.69, 9.17) is 14.2 Å². The van der Waals surface area contributed by atoms with Crippen molar-refractivity contribution in [2.45, 2.75) is 50.6 Å². The minimum atomic E-state index is -0.472. The summed E-state index contributed by atoms with van der Waals surface area (Å²) >= 11 is 0. The Hall–Kier alpha value is -0.380. The molecule has 0 amide bonds. The van der Waals surface area contributed by atoms with Gasteiger partial charge >= 0.3 is 0 Å². The van der Waals surface area contributed by atoms with Gasteiger partial charge in [0.2, 0.25) is 0 Å². The van der Waals surface area contributed by atoms with Crippen LogP contribution in [-0.4, -0.2) is 31.2 Å². The topological polar surface area (TPSA) is 27.7 Å². The number of rotatable bonds is 3. The van der Waals surface area contributed by atoms with Crippen molar-refractivity contribution < 1.29 is 14.2 Å². The molecular formula is C12H20O3. The molecule has 1 spiro atoms. The van der Waals surface area contributed by atoms with Crippen molar-refractivity contribution in [3.63, 3.8) is 0 Å². The van der Waals surface area contributed by atoms with Gasteiger partial charge in [-0.15, -0.1) is 6.58 Å². The van der Waals surface area contributed by atoms with Gasteiger partial charge in [0.15, 0.2) is 5.79 Å². The van der Waals surface area contributed by atoms with Crippen LogP contribution in [0.2, 0.25) is 0 Å². The van der Waals surface area contributed by atoms with Crippen molar-refractivity contribution in [1.29, 1.82) is 0 Å². The maximum Gasteiger partial charge on any atom is 0.195 e. The van der Waals surface area contributed by atoms with Crippen LogP contribution in [0.15, 0.2) is 12.7 Å². The van der Waals surface area contributed by atoms with E-state index in [-0.39, 0.29) is 6.10 Å². The minimum Gasteiger partial charge on any atom is -0.369 e. The second kappa shape index (κ2) is 4.64. The maximum absolute atomic E-state index is 5.99. The number of ether oxygens (including phenoxy) is 3. The van der Waals surface area contributed by atoms with Crippen LogP contribution in [0.3, 0.4) is 0 Å². The van der Waals surface area contributed by atoms with Gasteiger partial charge in [0.25, 0.3) is 0 Å². The molecule has 2 aliphatic heterocycles. The molecule has 0 saturated carbocycles. The Morgan fingerprint density at radius 1 is 1.40 bits per heavy atom. The van der Waals surface area contributed by atoms with Crippen molar-refractivity contribution in [3.8, 4) is 0 Å². The van der Waals surface area contributed by atoms with Gasteiger partial charge in [-0.2, -0.15) is 0 Å². The predicted octanol–water partition coefficient (Wildman–Crippen LogP) is 2.26. The Morgan fingerprint density at radius 2 is 2.13 bits per heavy atom. The van der Waals surface area contributed by atoms with Crippen LogP contribution in [0, 0.1) is 0 Å². The SMILES string of the molecule is C=CCC1OC(CC)CCC12OCCO2. The first-order valence-corrected chi connectivity index (χ1v) is 5.85. The van der Waals surface area contributed by atoms with Gasteiger partial charge in [-0.05, 0) is 19.3 Å². The molecule has 2 heterocycles. The van der Waals surface area contributed by atoms with Crippen LogP contribution < -0.4 is 0 Å².